The van der Waals surface area contributed by atoms with Gasteiger partial charge in [-0.3, -0.25) is 9.59 Å². The average Bonchev–Trinajstić information content (AvgIpc) is 3.22. The maximum atomic E-state index is 12.8. The van der Waals surface area contributed by atoms with Crippen LogP contribution in [0.25, 0.3) is 0 Å². The molecule has 2 amide bonds. The first-order valence-electron chi connectivity index (χ1n) is 9.92. The van der Waals surface area contributed by atoms with Crippen LogP contribution in [0.4, 0.5) is 0 Å². The molecule has 2 heterocycles. The molecule has 2 saturated heterocycles. The third-order valence-electron chi connectivity index (χ3n) is 5.30. The summed E-state index contributed by atoms with van der Waals surface area (Å²) in [5.41, 5.74) is 1.10. The van der Waals surface area contributed by atoms with Crippen molar-refractivity contribution in [1.29, 1.82) is 0 Å². The predicted octanol–water partition coefficient (Wildman–Crippen LogP) is 2.43. The molecule has 2 unspecified atom stereocenters. The molecule has 0 aliphatic carbocycles. The summed E-state index contributed by atoms with van der Waals surface area (Å²) in [6.07, 6.45) is 0.909. The minimum absolute atomic E-state index is 0.0298. The number of benzene rings is 1. The minimum Gasteiger partial charge on any atom is -0.481 e. The van der Waals surface area contributed by atoms with Crippen molar-refractivity contribution in [3.63, 3.8) is 0 Å². The molecule has 2 atom stereocenters. The van der Waals surface area contributed by atoms with Gasteiger partial charge in [0.2, 0.25) is 0 Å². The van der Waals surface area contributed by atoms with Crippen LogP contribution in [0.3, 0.4) is 0 Å². The summed E-state index contributed by atoms with van der Waals surface area (Å²) in [6, 6.07) is 7.86. The zero-order valence-corrected chi connectivity index (χ0v) is 16.5. The van der Waals surface area contributed by atoms with Crippen LogP contribution in [-0.2, 0) is 14.3 Å². The molecule has 2 aliphatic rings. The molecule has 6 nitrogen and oxygen atoms in total. The van der Waals surface area contributed by atoms with Crippen LogP contribution in [-0.4, -0.2) is 66.6 Å². The van der Waals surface area contributed by atoms with Crippen molar-refractivity contribution in [3.05, 3.63) is 29.8 Å². The van der Waals surface area contributed by atoms with Gasteiger partial charge in [0.15, 0.2) is 6.10 Å². The van der Waals surface area contributed by atoms with E-state index < -0.39 is 6.10 Å². The van der Waals surface area contributed by atoms with Crippen LogP contribution in [0, 0.1) is 0 Å². The van der Waals surface area contributed by atoms with E-state index >= 15 is 0 Å². The molecule has 3 rings (SSSR count). The molecule has 1 aromatic carbocycles. The van der Waals surface area contributed by atoms with Gasteiger partial charge in [0.25, 0.3) is 11.8 Å². The van der Waals surface area contributed by atoms with Gasteiger partial charge < -0.3 is 19.3 Å². The molecule has 148 valence electrons. The van der Waals surface area contributed by atoms with Crippen LogP contribution < -0.4 is 4.74 Å². The second-order valence-electron chi connectivity index (χ2n) is 7.60. The Morgan fingerprint density at radius 1 is 1.07 bits per heavy atom. The largest absolute Gasteiger partial charge is 0.481 e. The van der Waals surface area contributed by atoms with E-state index in [4.69, 9.17) is 9.47 Å². The fraction of sp³-hybridized carbons (Fsp3) is 0.619. The highest BCUT2D eigenvalue weighted by atomic mass is 16.5. The van der Waals surface area contributed by atoms with Gasteiger partial charge >= 0.3 is 0 Å². The van der Waals surface area contributed by atoms with Gasteiger partial charge in [-0.15, -0.1) is 0 Å². The monoisotopic (exact) mass is 374 g/mol. The predicted molar refractivity (Wildman–Crippen MR) is 103 cm³/mol. The van der Waals surface area contributed by atoms with E-state index in [0.29, 0.717) is 38.7 Å². The highest BCUT2D eigenvalue weighted by molar-refractivity contribution is 5.83. The molecule has 6 heteroatoms. The minimum atomic E-state index is -0.551. The van der Waals surface area contributed by atoms with Gasteiger partial charge in [0.05, 0.1) is 0 Å². The lowest BCUT2D eigenvalue weighted by Gasteiger charge is -2.36. The molecule has 1 aromatic rings. The van der Waals surface area contributed by atoms with E-state index in [1.807, 2.05) is 29.2 Å². The normalized spacial score (nSPS) is 21.4. The van der Waals surface area contributed by atoms with Crippen LogP contribution in [0.1, 0.15) is 45.1 Å². The second kappa shape index (κ2) is 8.74. The molecule has 0 aromatic heterocycles. The van der Waals surface area contributed by atoms with Crippen molar-refractivity contribution < 1.29 is 19.1 Å². The molecule has 0 bridgehead atoms. The van der Waals surface area contributed by atoms with Gasteiger partial charge in [-0.25, -0.2) is 0 Å². The molecule has 0 N–H and O–H groups in total. The number of hydrogen-bond donors (Lipinski definition) is 0. The Labute approximate surface area is 161 Å². The number of para-hydroxylation sites is 1. The number of hydrogen-bond acceptors (Lipinski definition) is 4. The fourth-order valence-corrected chi connectivity index (χ4v) is 3.69. The van der Waals surface area contributed by atoms with E-state index in [2.05, 4.69) is 13.8 Å². The lowest BCUT2D eigenvalue weighted by atomic mass is 10.0. The zero-order chi connectivity index (χ0) is 19.4. The molecule has 0 radical (unpaired) electrons. The van der Waals surface area contributed by atoms with Gasteiger partial charge in [0, 0.05) is 32.8 Å². The van der Waals surface area contributed by atoms with Crippen LogP contribution >= 0.6 is 0 Å². The Morgan fingerprint density at radius 3 is 2.37 bits per heavy atom. The molecule has 2 aliphatic heterocycles. The Kier molecular flexibility index (Phi) is 6.37. The first-order valence-corrected chi connectivity index (χ1v) is 9.92. The Hall–Kier alpha value is -2.08. The Balaban J connectivity index is 1.53. The molecule has 27 heavy (non-hydrogen) atoms. The Bertz CT molecular complexity index is 662. The van der Waals surface area contributed by atoms with Crippen molar-refractivity contribution in [2.75, 3.05) is 32.8 Å². The van der Waals surface area contributed by atoms with Crippen molar-refractivity contribution in [2.45, 2.75) is 51.7 Å². The molecular formula is C21H30N2O4. The topological polar surface area (TPSA) is 59.1 Å². The lowest BCUT2D eigenvalue weighted by Crippen LogP contribution is -2.54. The summed E-state index contributed by atoms with van der Waals surface area (Å²) in [6.45, 7) is 8.87. The Morgan fingerprint density at radius 2 is 1.74 bits per heavy atom. The van der Waals surface area contributed by atoms with Crippen LogP contribution in [0.2, 0.25) is 0 Å². The summed E-state index contributed by atoms with van der Waals surface area (Å²) in [5.74, 6) is 1.13. The first kappa shape index (κ1) is 19.7. The SMILES string of the molecule is CC(Oc1ccccc1C(C)C)C(=O)N1CCN(C(=O)C2CCCO2)CC1. The number of nitrogens with zero attached hydrogens (tertiary/aromatic N) is 2. The number of carbonyl (C=O) groups excluding carboxylic acids is 2. The zero-order valence-electron chi connectivity index (χ0n) is 16.5. The van der Waals surface area contributed by atoms with Crippen molar-refractivity contribution in [2.24, 2.45) is 0 Å². The van der Waals surface area contributed by atoms with Crippen LogP contribution in [0.5, 0.6) is 5.75 Å². The quantitative estimate of drug-likeness (QED) is 0.794. The van der Waals surface area contributed by atoms with Gasteiger partial charge in [0.1, 0.15) is 11.9 Å². The summed E-state index contributed by atoms with van der Waals surface area (Å²) in [5, 5.41) is 0. The third-order valence-corrected chi connectivity index (χ3v) is 5.30. The summed E-state index contributed by atoms with van der Waals surface area (Å²) >= 11 is 0. The van der Waals surface area contributed by atoms with Crippen molar-refractivity contribution in [3.8, 4) is 5.75 Å². The van der Waals surface area contributed by atoms with Crippen molar-refractivity contribution in [1.82, 2.24) is 9.80 Å². The van der Waals surface area contributed by atoms with Gasteiger partial charge in [-0.1, -0.05) is 32.0 Å². The third kappa shape index (κ3) is 4.61. The number of piperazine rings is 1. The van der Waals surface area contributed by atoms with E-state index in [1.54, 1.807) is 11.8 Å². The number of ether oxygens (including phenoxy) is 2. The van der Waals surface area contributed by atoms with Gasteiger partial charge in [-0.2, -0.15) is 0 Å². The number of carbonyl (C=O) groups is 2. The maximum absolute atomic E-state index is 12.8. The average molecular weight is 374 g/mol. The summed E-state index contributed by atoms with van der Waals surface area (Å²) < 4.78 is 11.5. The highest BCUT2D eigenvalue weighted by Gasteiger charge is 2.32. The van der Waals surface area contributed by atoms with Crippen LogP contribution in [0.15, 0.2) is 24.3 Å². The molecular weight excluding hydrogens is 344 g/mol. The van der Waals surface area contributed by atoms with E-state index in [9.17, 15) is 9.59 Å². The summed E-state index contributed by atoms with van der Waals surface area (Å²) in [4.78, 5) is 28.8. The van der Waals surface area contributed by atoms with E-state index in [-0.39, 0.29) is 17.9 Å². The van der Waals surface area contributed by atoms with Crippen molar-refractivity contribution >= 4 is 11.8 Å². The lowest BCUT2D eigenvalue weighted by molar-refractivity contribution is -0.148. The number of rotatable bonds is 5. The molecule has 0 spiro atoms. The maximum Gasteiger partial charge on any atom is 0.263 e. The smallest absolute Gasteiger partial charge is 0.263 e. The van der Waals surface area contributed by atoms with Gasteiger partial charge in [-0.05, 0) is 37.3 Å². The van der Waals surface area contributed by atoms with E-state index in [1.165, 1.54) is 0 Å². The summed E-state index contributed by atoms with van der Waals surface area (Å²) in [7, 11) is 0. The van der Waals surface area contributed by atoms with E-state index in [0.717, 1.165) is 24.2 Å². The standard InChI is InChI=1S/C21H30N2O4/c1-15(2)17-7-4-5-8-18(17)27-16(3)20(24)22-10-12-23(13-11-22)21(25)19-9-6-14-26-19/h4-5,7-8,15-16,19H,6,9-14H2,1-3H3. The highest BCUT2D eigenvalue weighted by Crippen LogP contribution is 2.27. The molecule has 2 fully saturated rings. The first-order chi connectivity index (χ1) is 13.0. The fourth-order valence-electron chi connectivity index (χ4n) is 3.69. The molecule has 0 saturated carbocycles. The number of amides is 2. The second-order valence-corrected chi connectivity index (χ2v) is 7.60.